The fraction of sp³-hybridized carbons (Fsp3) is 0.167. The fourth-order valence-electron chi connectivity index (χ4n) is 2.96. The van der Waals surface area contributed by atoms with Crippen LogP contribution in [0.3, 0.4) is 0 Å². The topological polar surface area (TPSA) is 76.0 Å². The summed E-state index contributed by atoms with van der Waals surface area (Å²) >= 11 is 0. The lowest BCUT2D eigenvalue weighted by Gasteiger charge is -2.25. The van der Waals surface area contributed by atoms with Crippen LogP contribution in [0.4, 0.5) is 11.6 Å². The molecule has 3 aromatic rings. The molecule has 0 spiro atoms. The maximum Gasteiger partial charge on any atom is 0.248 e. The van der Waals surface area contributed by atoms with Crippen molar-refractivity contribution >= 4 is 34.5 Å². The molecule has 1 aliphatic heterocycles. The van der Waals surface area contributed by atoms with E-state index in [2.05, 4.69) is 15.6 Å². The first kappa shape index (κ1) is 14.4. The number of hydrogen-bond donors (Lipinski definition) is 2. The normalized spacial score (nSPS) is 16.5. The molecule has 6 heteroatoms. The van der Waals surface area contributed by atoms with Gasteiger partial charge in [0.1, 0.15) is 6.04 Å². The summed E-state index contributed by atoms with van der Waals surface area (Å²) in [6.45, 7) is 1.99. The maximum atomic E-state index is 12.8. The first-order valence-corrected chi connectivity index (χ1v) is 7.76. The summed E-state index contributed by atoms with van der Waals surface area (Å²) in [5.41, 5.74) is 3.41. The van der Waals surface area contributed by atoms with Crippen molar-refractivity contribution in [1.82, 2.24) is 9.55 Å². The quantitative estimate of drug-likeness (QED) is 0.762. The second-order valence-corrected chi connectivity index (χ2v) is 5.92. The molecule has 1 atom stereocenters. The summed E-state index contributed by atoms with van der Waals surface area (Å²) in [4.78, 5) is 29.1. The van der Waals surface area contributed by atoms with E-state index in [0.717, 1.165) is 16.6 Å². The van der Waals surface area contributed by atoms with E-state index in [9.17, 15) is 9.59 Å². The first-order chi connectivity index (χ1) is 11.6. The smallest absolute Gasteiger partial charge is 0.248 e. The summed E-state index contributed by atoms with van der Waals surface area (Å²) in [7, 11) is 0. The molecule has 0 aliphatic carbocycles. The van der Waals surface area contributed by atoms with Crippen LogP contribution in [0.5, 0.6) is 0 Å². The number of aryl methyl sites for hydroxylation is 1. The molecule has 2 heterocycles. The highest BCUT2D eigenvalue weighted by Gasteiger charge is 2.32. The Morgan fingerprint density at radius 2 is 1.96 bits per heavy atom. The predicted octanol–water partition coefficient (Wildman–Crippen LogP) is 2.87. The van der Waals surface area contributed by atoms with Gasteiger partial charge in [0.15, 0.2) is 0 Å². The highest BCUT2D eigenvalue weighted by molar-refractivity contribution is 6.02. The molecule has 0 fully saturated rings. The number of carbonyl (C=O) groups is 2. The number of fused-ring (bicyclic) bond motifs is 3. The third-order valence-electron chi connectivity index (χ3n) is 4.16. The van der Waals surface area contributed by atoms with Gasteiger partial charge in [0, 0.05) is 5.69 Å². The molecule has 0 saturated carbocycles. The zero-order valence-corrected chi connectivity index (χ0v) is 13.1. The van der Waals surface area contributed by atoms with Crippen molar-refractivity contribution in [2.45, 2.75) is 19.4 Å². The number of nitrogens with zero attached hydrogens (tertiary/aromatic N) is 2. The molecule has 2 amide bonds. The summed E-state index contributed by atoms with van der Waals surface area (Å²) in [5, 5.41) is 5.63. The van der Waals surface area contributed by atoms with Gasteiger partial charge in [-0.1, -0.05) is 29.8 Å². The van der Waals surface area contributed by atoms with E-state index in [0.29, 0.717) is 11.6 Å². The number of para-hydroxylation sites is 2. The molecule has 0 unspecified atom stereocenters. The summed E-state index contributed by atoms with van der Waals surface area (Å²) in [6, 6.07) is 14.5. The zero-order chi connectivity index (χ0) is 16.7. The van der Waals surface area contributed by atoms with Gasteiger partial charge in [-0.25, -0.2) is 4.98 Å². The lowest BCUT2D eigenvalue weighted by molar-refractivity contribution is -0.124. The zero-order valence-electron chi connectivity index (χ0n) is 13.1. The number of nitrogens with one attached hydrogen (secondary N) is 2. The van der Waals surface area contributed by atoms with Crippen molar-refractivity contribution in [3.63, 3.8) is 0 Å². The van der Waals surface area contributed by atoms with Crippen LogP contribution in [0.25, 0.3) is 11.0 Å². The van der Waals surface area contributed by atoms with Crippen LogP contribution in [0.15, 0.2) is 48.5 Å². The third kappa shape index (κ3) is 2.42. The van der Waals surface area contributed by atoms with Gasteiger partial charge < -0.3 is 5.32 Å². The SMILES string of the molecule is Cc1ccc(NC(=O)[C@H]2CC(=O)Nc3nc4ccccc4n32)cc1. The molecular weight excluding hydrogens is 304 g/mol. The Morgan fingerprint density at radius 1 is 1.21 bits per heavy atom. The van der Waals surface area contributed by atoms with Crippen molar-refractivity contribution in [1.29, 1.82) is 0 Å². The second kappa shape index (κ2) is 5.49. The Bertz CT molecular complexity index is 943. The molecule has 1 aliphatic rings. The lowest BCUT2D eigenvalue weighted by Crippen LogP contribution is -2.35. The van der Waals surface area contributed by atoms with Crippen LogP contribution in [0.2, 0.25) is 0 Å². The Hall–Kier alpha value is -3.15. The molecule has 4 rings (SSSR count). The number of amides is 2. The molecule has 0 bridgehead atoms. The molecule has 1 aromatic heterocycles. The molecule has 6 nitrogen and oxygen atoms in total. The van der Waals surface area contributed by atoms with Crippen LogP contribution in [-0.2, 0) is 9.59 Å². The number of aromatic nitrogens is 2. The van der Waals surface area contributed by atoms with E-state index in [1.165, 1.54) is 0 Å². The Labute approximate surface area is 138 Å². The van der Waals surface area contributed by atoms with E-state index in [1.807, 2.05) is 55.5 Å². The van der Waals surface area contributed by atoms with Crippen molar-refractivity contribution in [2.75, 3.05) is 10.6 Å². The fourth-order valence-corrected chi connectivity index (χ4v) is 2.96. The molecule has 0 saturated heterocycles. The second-order valence-electron chi connectivity index (χ2n) is 5.92. The van der Waals surface area contributed by atoms with Crippen LogP contribution in [0.1, 0.15) is 18.0 Å². The Morgan fingerprint density at radius 3 is 2.75 bits per heavy atom. The predicted molar refractivity (Wildman–Crippen MR) is 91.8 cm³/mol. The third-order valence-corrected chi connectivity index (χ3v) is 4.16. The molecule has 24 heavy (non-hydrogen) atoms. The monoisotopic (exact) mass is 320 g/mol. The van der Waals surface area contributed by atoms with E-state index in [-0.39, 0.29) is 18.2 Å². The van der Waals surface area contributed by atoms with Crippen molar-refractivity contribution < 1.29 is 9.59 Å². The highest BCUT2D eigenvalue weighted by atomic mass is 16.2. The van der Waals surface area contributed by atoms with Crippen LogP contribution >= 0.6 is 0 Å². The number of carbonyl (C=O) groups excluding carboxylic acids is 2. The maximum absolute atomic E-state index is 12.8. The summed E-state index contributed by atoms with van der Waals surface area (Å²) in [5.74, 6) is -0.0172. The van der Waals surface area contributed by atoms with Gasteiger partial charge in [0.25, 0.3) is 0 Å². The minimum absolute atomic E-state index is 0.0883. The van der Waals surface area contributed by atoms with Gasteiger partial charge in [-0.15, -0.1) is 0 Å². The van der Waals surface area contributed by atoms with E-state index in [1.54, 1.807) is 4.57 Å². The molecule has 2 aromatic carbocycles. The Kier molecular flexibility index (Phi) is 3.30. The van der Waals surface area contributed by atoms with Gasteiger partial charge in [-0.2, -0.15) is 0 Å². The molecular formula is C18H16N4O2. The summed E-state index contributed by atoms with van der Waals surface area (Å²) < 4.78 is 1.79. The van der Waals surface area contributed by atoms with Crippen LogP contribution in [0, 0.1) is 6.92 Å². The minimum atomic E-state index is -0.623. The van der Waals surface area contributed by atoms with E-state index >= 15 is 0 Å². The largest absolute Gasteiger partial charge is 0.324 e. The average molecular weight is 320 g/mol. The van der Waals surface area contributed by atoms with E-state index < -0.39 is 6.04 Å². The minimum Gasteiger partial charge on any atom is -0.324 e. The molecule has 2 N–H and O–H groups in total. The number of hydrogen-bond acceptors (Lipinski definition) is 3. The van der Waals surface area contributed by atoms with Crippen molar-refractivity contribution in [3.8, 4) is 0 Å². The molecule has 0 radical (unpaired) electrons. The number of benzene rings is 2. The van der Waals surface area contributed by atoms with Gasteiger partial charge in [-0.3, -0.25) is 19.5 Å². The van der Waals surface area contributed by atoms with Crippen LogP contribution < -0.4 is 10.6 Å². The standard InChI is InChI=1S/C18H16N4O2/c1-11-6-8-12(9-7-11)19-17(24)15-10-16(23)21-18-20-13-4-2-3-5-14(13)22(15)18/h2-9,15H,10H2,1H3,(H,19,24)(H,20,21,23)/t15-/m1/s1. The van der Waals surface area contributed by atoms with Gasteiger partial charge >= 0.3 is 0 Å². The van der Waals surface area contributed by atoms with Gasteiger partial charge in [0.2, 0.25) is 17.8 Å². The Balaban J connectivity index is 1.72. The van der Waals surface area contributed by atoms with Crippen LogP contribution in [-0.4, -0.2) is 21.4 Å². The number of anilines is 2. The van der Waals surface area contributed by atoms with E-state index in [4.69, 9.17) is 0 Å². The number of rotatable bonds is 2. The van der Waals surface area contributed by atoms with Gasteiger partial charge in [0.05, 0.1) is 17.5 Å². The molecule has 120 valence electrons. The van der Waals surface area contributed by atoms with Crippen molar-refractivity contribution in [3.05, 3.63) is 54.1 Å². The summed E-state index contributed by atoms with van der Waals surface area (Å²) in [6.07, 6.45) is 0.0883. The highest BCUT2D eigenvalue weighted by Crippen LogP contribution is 2.31. The van der Waals surface area contributed by atoms with Crippen molar-refractivity contribution in [2.24, 2.45) is 0 Å². The first-order valence-electron chi connectivity index (χ1n) is 7.76. The lowest BCUT2D eigenvalue weighted by atomic mass is 10.1. The van der Waals surface area contributed by atoms with Gasteiger partial charge in [-0.05, 0) is 31.2 Å². The average Bonchev–Trinajstić information content (AvgIpc) is 2.94. The number of imidazole rings is 1.